The zero-order valence-electron chi connectivity index (χ0n) is 16.8. The number of rotatable bonds is 5. The van der Waals surface area contributed by atoms with Crippen molar-refractivity contribution in [3.63, 3.8) is 0 Å². The lowest BCUT2D eigenvalue weighted by Gasteiger charge is -2.15. The van der Waals surface area contributed by atoms with Crippen LogP contribution in [0.1, 0.15) is 44.2 Å². The van der Waals surface area contributed by atoms with E-state index in [1.165, 1.54) is 4.68 Å². The number of aryl methyl sites for hydroxylation is 1. The van der Waals surface area contributed by atoms with Gasteiger partial charge in [0.05, 0.1) is 23.1 Å². The van der Waals surface area contributed by atoms with Gasteiger partial charge in [0, 0.05) is 24.5 Å². The number of carbonyl (C=O) groups excluding carboxylic acids is 1. The van der Waals surface area contributed by atoms with Crippen molar-refractivity contribution in [1.29, 1.82) is 0 Å². The number of hydrogen-bond donors (Lipinski definition) is 1. The van der Waals surface area contributed by atoms with E-state index >= 15 is 0 Å². The molecule has 1 N–H and O–H groups in total. The van der Waals surface area contributed by atoms with Crippen molar-refractivity contribution in [2.75, 3.05) is 0 Å². The Morgan fingerprint density at radius 2 is 1.97 bits per heavy atom. The van der Waals surface area contributed by atoms with Crippen LogP contribution in [0.3, 0.4) is 0 Å². The number of nitrogens with zero attached hydrogens (tertiary/aromatic N) is 4. The van der Waals surface area contributed by atoms with Gasteiger partial charge in [-0.2, -0.15) is 5.10 Å². The molecule has 0 aliphatic rings. The zero-order chi connectivity index (χ0) is 20.7. The second-order valence-electron chi connectivity index (χ2n) is 7.47. The Bertz CT molecular complexity index is 1250. The van der Waals surface area contributed by atoms with Crippen LogP contribution in [0.15, 0.2) is 46.0 Å². The summed E-state index contributed by atoms with van der Waals surface area (Å²) < 4.78 is 8.94. The van der Waals surface area contributed by atoms with E-state index in [1.807, 2.05) is 50.5 Å². The smallest absolute Gasteiger partial charge is 0.291 e. The molecule has 1 atom stereocenters. The number of aromatic nitrogens is 4. The number of carbonyl (C=O) groups is 1. The normalized spacial score (nSPS) is 12.7. The quantitative estimate of drug-likeness (QED) is 0.562. The van der Waals surface area contributed by atoms with Gasteiger partial charge < -0.3 is 14.3 Å². The Morgan fingerprint density at radius 1 is 1.24 bits per heavy atom. The van der Waals surface area contributed by atoms with Crippen LogP contribution in [0.5, 0.6) is 0 Å². The molecule has 4 aromatic heterocycles. The number of fused-ring (bicyclic) bond motifs is 3. The van der Waals surface area contributed by atoms with Crippen molar-refractivity contribution >= 4 is 27.9 Å². The van der Waals surface area contributed by atoms with Gasteiger partial charge >= 0.3 is 0 Å². The highest BCUT2D eigenvalue weighted by Crippen LogP contribution is 2.31. The van der Waals surface area contributed by atoms with Crippen LogP contribution in [0.4, 0.5) is 0 Å². The monoisotopic (exact) mass is 393 g/mol. The maximum atomic E-state index is 13.1. The van der Waals surface area contributed by atoms with E-state index in [0.717, 1.165) is 16.8 Å². The van der Waals surface area contributed by atoms with Crippen LogP contribution in [-0.2, 0) is 11.3 Å². The molecule has 0 radical (unpaired) electrons. The van der Waals surface area contributed by atoms with E-state index in [9.17, 15) is 9.59 Å². The van der Waals surface area contributed by atoms with E-state index in [4.69, 9.17) is 4.42 Å². The molecule has 0 saturated carbocycles. The Hall–Kier alpha value is -3.42. The predicted molar refractivity (Wildman–Crippen MR) is 110 cm³/mol. The molecule has 0 unspecified atom stereocenters. The summed E-state index contributed by atoms with van der Waals surface area (Å²) in [7, 11) is 0. The summed E-state index contributed by atoms with van der Waals surface area (Å²) >= 11 is 0. The third-order valence-electron chi connectivity index (χ3n) is 4.99. The highest BCUT2D eigenvalue weighted by Gasteiger charge is 2.21. The molecular weight excluding hydrogens is 370 g/mol. The molecule has 4 rings (SSSR count). The van der Waals surface area contributed by atoms with Crippen molar-refractivity contribution in [3.05, 3.63) is 58.5 Å². The lowest BCUT2D eigenvalue weighted by molar-refractivity contribution is -0.122. The van der Waals surface area contributed by atoms with Gasteiger partial charge in [0.25, 0.3) is 5.56 Å². The summed E-state index contributed by atoms with van der Waals surface area (Å²) in [4.78, 5) is 29.6. The molecule has 0 aliphatic carbocycles. The van der Waals surface area contributed by atoms with Crippen LogP contribution in [0, 0.1) is 6.92 Å². The van der Waals surface area contributed by atoms with E-state index in [0.29, 0.717) is 16.5 Å². The molecule has 0 spiro atoms. The van der Waals surface area contributed by atoms with Gasteiger partial charge in [-0.3, -0.25) is 14.6 Å². The highest BCUT2D eigenvalue weighted by molar-refractivity contribution is 6.04. The lowest BCUT2D eigenvalue weighted by Crippen LogP contribution is -2.35. The molecule has 29 heavy (non-hydrogen) atoms. The molecule has 8 heteroatoms. The van der Waals surface area contributed by atoms with Gasteiger partial charge in [-0.1, -0.05) is 0 Å². The molecule has 0 saturated heterocycles. The van der Waals surface area contributed by atoms with E-state index < -0.39 is 0 Å². The van der Waals surface area contributed by atoms with Gasteiger partial charge in [0.1, 0.15) is 17.8 Å². The zero-order valence-corrected chi connectivity index (χ0v) is 16.8. The Labute approximate surface area is 167 Å². The first-order valence-electron chi connectivity index (χ1n) is 9.56. The summed E-state index contributed by atoms with van der Waals surface area (Å²) in [6, 6.07) is 5.45. The maximum Gasteiger partial charge on any atom is 0.291 e. The van der Waals surface area contributed by atoms with Crippen LogP contribution < -0.4 is 10.9 Å². The minimum atomic E-state index is -0.313. The predicted octanol–water partition coefficient (Wildman–Crippen LogP) is 3.11. The van der Waals surface area contributed by atoms with Crippen molar-refractivity contribution in [2.45, 2.75) is 46.3 Å². The van der Waals surface area contributed by atoms with Gasteiger partial charge in [-0.25, -0.2) is 4.68 Å². The van der Waals surface area contributed by atoms with Crippen molar-refractivity contribution in [1.82, 2.24) is 24.6 Å². The minimum absolute atomic E-state index is 0.0519. The van der Waals surface area contributed by atoms with Gasteiger partial charge in [0.2, 0.25) is 5.91 Å². The van der Waals surface area contributed by atoms with E-state index in [-0.39, 0.29) is 30.1 Å². The molecule has 4 aromatic rings. The average molecular weight is 393 g/mol. The molecule has 0 aliphatic heterocycles. The van der Waals surface area contributed by atoms with Gasteiger partial charge in [0.15, 0.2) is 5.58 Å². The van der Waals surface area contributed by atoms with Crippen molar-refractivity contribution in [2.24, 2.45) is 0 Å². The fourth-order valence-corrected chi connectivity index (χ4v) is 3.68. The van der Waals surface area contributed by atoms with Gasteiger partial charge in [-0.05, 0) is 45.4 Å². The van der Waals surface area contributed by atoms with Crippen molar-refractivity contribution < 1.29 is 9.21 Å². The second-order valence-corrected chi connectivity index (χ2v) is 7.47. The topological polar surface area (TPSA) is 95.0 Å². The molecule has 0 aromatic carbocycles. The Balaban J connectivity index is 1.68. The summed E-state index contributed by atoms with van der Waals surface area (Å²) in [5, 5.41) is 7.77. The summed E-state index contributed by atoms with van der Waals surface area (Å²) in [5.74, 6) is 0.491. The first kappa shape index (κ1) is 18.9. The number of nitrogens with one attached hydrogen (secondary N) is 1. The molecule has 150 valence electrons. The Morgan fingerprint density at radius 3 is 2.66 bits per heavy atom. The average Bonchev–Trinajstić information content (AvgIpc) is 3.19. The second kappa shape index (κ2) is 7.20. The molecule has 4 heterocycles. The van der Waals surface area contributed by atoms with Crippen molar-refractivity contribution in [3.8, 4) is 0 Å². The molecule has 0 bridgehead atoms. The summed E-state index contributed by atoms with van der Waals surface area (Å²) in [6.07, 6.45) is 4.95. The number of amides is 1. The molecule has 0 fully saturated rings. The maximum absolute atomic E-state index is 13.1. The van der Waals surface area contributed by atoms with Crippen LogP contribution in [-0.4, -0.2) is 25.2 Å². The summed E-state index contributed by atoms with van der Waals surface area (Å²) in [5.41, 5.74) is 2.64. The molecule has 8 nitrogen and oxygen atoms in total. The fraction of sp³-hybridized carbons (Fsp3) is 0.333. The number of furan rings is 1. The lowest BCUT2D eigenvalue weighted by atomic mass is 10.1. The minimum Gasteiger partial charge on any atom is -0.459 e. The van der Waals surface area contributed by atoms with E-state index in [1.54, 1.807) is 18.6 Å². The first-order valence-corrected chi connectivity index (χ1v) is 9.56. The van der Waals surface area contributed by atoms with E-state index in [2.05, 4.69) is 15.4 Å². The third-order valence-corrected chi connectivity index (χ3v) is 4.99. The molecular formula is C21H23N5O3. The standard InChI is InChI=1S/C21H23N5O3/c1-12(2)26-17-9-13(3)29-20(17)16-10-23-25(21(28)19(16)26)11-18(27)24-14(4)15-5-7-22-8-6-15/h5-10,12,14H,11H2,1-4H3,(H,24,27)/t14-/m1/s1. The SMILES string of the molecule is Cc1cc2c(o1)c1cnn(CC(=O)N[C@H](C)c3ccncc3)c(=O)c1n2C(C)C. The first-order chi connectivity index (χ1) is 13.9. The van der Waals surface area contributed by atoms with Crippen LogP contribution in [0.25, 0.3) is 22.0 Å². The Kier molecular flexibility index (Phi) is 4.70. The van der Waals surface area contributed by atoms with Crippen LogP contribution in [0.2, 0.25) is 0 Å². The summed E-state index contributed by atoms with van der Waals surface area (Å²) in [6.45, 7) is 7.61. The number of hydrogen-bond acceptors (Lipinski definition) is 5. The fourth-order valence-electron chi connectivity index (χ4n) is 3.68. The number of pyridine rings is 1. The molecule has 1 amide bonds. The third kappa shape index (κ3) is 3.30. The largest absolute Gasteiger partial charge is 0.459 e. The van der Waals surface area contributed by atoms with Gasteiger partial charge in [-0.15, -0.1) is 0 Å². The highest BCUT2D eigenvalue weighted by atomic mass is 16.3. The van der Waals surface area contributed by atoms with Crippen LogP contribution >= 0.6 is 0 Å².